The number of aromatic nitrogens is 1. The molecule has 1 aromatic heterocycles. The van der Waals surface area contributed by atoms with Crippen LogP contribution in [0, 0.1) is 0 Å². The largest absolute Gasteiger partial charge is 0.367 e. The lowest BCUT2D eigenvalue weighted by atomic mass is 10.1. The number of nitrogens with two attached hydrogens (primary N) is 1. The Balaban J connectivity index is 1.86. The van der Waals surface area contributed by atoms with Crippen molar-refractivity contribution < 1.29 is 0 Å². The highest BCUT2D eigenvalue weighted by molar-refractivity contribution is 5.55. The molecule has 4 heteroatoms. The van der Waals surface area contributed by atoms with Crippen LogP contribution in [0.5, 0.6) is 0 Å². The molecule has 1 aliphatic heterocycles. The fourth-order valence-corrected chi connectivity index (χ4v) is 2.81. The lowest BCUT2D eigenvalue weighted by molar-refractivity contribution is 0.714. The molecule has 1 aromatic carbocycles. The van der Waals surface area contributed by atoms with Gasteiger partial charge in [-0.05, 0) is 48.6 Å². The molecule has 0 saturated carbocycles. The number of nitrogen functional groups attached to an aromatic ring is 1. The molecule has 0 saturated heterocycles. The van der Waals surface area contributed by atoms with Gasteiger partial charge < -0.3 is 10.3 Å². The first-order valence-corrected chi connectivity index (χ1v) is 7.11. The Morgan fingerprint density at radius 2 is 2.10 bits per heavy atom. The Morgan fingerprint density at radius 3 is 3.00 bits per heavy atom. The molecule has 0 bridgehead atoms. The van der Waals surface area contributed by atoms with Gasteiger partial charge in [-0.1, -0.05) is 18.2 Å². The molecule has 0 fully saturated rings. The summed E-state index contributed by atoms with van der Waals surface area (Å²) in [4.78, 5) is 6.62. The monoisotopic (exact) mass is 268 g/mol. The lowest BCUT2D eigenvalue weighted by Crippen LogP contribution is -2.23. The van der Waals surface area contributed by atoms with E-state index in [1.165, 1.54) is 36.1 Å². The van der Waals surface area contributed by atoms with Crippen molar-refractivity contribution in [3.63, 3.8) is 0 Å². The molecule has 3 rings (SSSR count). The maximum Gasteiger partial charge on any atom is 0.140 e. The van der Waals surface area contributed by atoms with E-state index in [-0.39, 0.29) is 0 Å². The number of pyridine rings is 1. The van der Waals surface area contributed by atoms with Crippen LogP contribution in [0.25, 0.3) is 0 Å². The van der Waals surface area contributed by atoms with Crippen molar-refractivity contribution >= 4 is 11.5 Å². The van der Waals surface area contributed by atoms with Gasteiger partial charge in [0.15, 0.2) is 0 Å². The number of aryl methyl sites for hydroxylation is 1. The van der Waals surface area contributed by atoms with E-state index in [0.29, 0.717) is 5.82 Å². The second kappa shape index (κ2) is 5.92. The maximum absolute atomic E-state index is 5.43. The number of rotatable bonds is 3. The van der Waals surface area contributed by atoms with Crippen LogP contribution in [-0.4, -0.2) is 11.5 Å². The van der Waals surface area contributed by atoms with Gasteiger partial charge in [0.05, 0.1) is 0 Å². The van der Waals surface area contributed by atoms with Crippen molar-refractivity contribution in [3.05, 3.63) is 53.7 Å². The van der Waals surface area contributed by atoms with E-state index in [4.69, 9.17) is 5.84 Å². The minimum absolute atomic E-state index is 0.714. The van der Waals surface area contributed by atoms with E-state index in [0.717, 1.165) is 13.1 Å². The van der Waals surface area contributed by atoms with Gasteiger partial charge in [-0.15, -0.1) is 0 Å². The van der Waals surface area contributed by atoms with Crippen molar-refractivity contribution in [1.29, 1.82) is 0 Å². The number of anilines is 2. The molecule has 20 heavy (non-hydrogen) atoms. The molecule has 0 atom stereocenters. The van der Waals surface area contributed by atoms with E-state index in [1.807, 2.05) is 12.1 Å². The smallest absolute Gasteiger partial charge is 0.140 e. The zero-order valence-electron chi connectivity index (χ0n) is 11.5. The van der Waals surface area contributed by atoms with Crippen LogP contribution in [0.3, 0.4) is 0 Å². The molecule has 0 unspecified atom stereocenters. The minimum Gasteiger partial charge on any atom is -0.367 e. The number of hydrogen-bond donors (Lipinski definition) is 2. The molecule has 104 valence electrons. The van der Waals surface area contributed by atoms with Gasteiger partial charge in [0, 0.05) is 25.0 Å². The fourth-order valence-electron chi connectivity index (χ4n) is 2.81. The molecule has 4 nitrogen and oxygen atoms in total. The van der Waals surface area contributed by atoms with Gasteiger partial charge in [-0.25, -0.2) is 10.8 Å². The van der Waals surface area contributed by atoms with Crippen LogP contribution in [0.1, 0.15) is 24.0 Å². The van der Waals surface area contributed by atoms with E-state index in [9.17, 15) is 0 Å². The normalized spacial score (nSPS) is 14.6. The summed E-state index contributed by atoms with van der Waals surface area (Å²) in [5.41, 5.74) is 6.65. The summed E-state index contributed by atoms with van der Waals surface area (Å²) in [5, 5.41) is 0. The summed E-state index contributed by atoms with van der Waals surface area (Å²) in [6.07, 6.45) is 5.48. The van der Waals surface area contributed by atoms with Crippen LogP contribution in [-0.2, 0) is 13.0 Å². The number of nitrogens with one attached hydrogen (secondary N) is 1. The molecular formula is C16H20N4. The summed E-state index contributed by atoms with van der Waals surface area (Å²) in [6, 6.07) is 12.8. The van der Waals surface area contributed by atoms with Crippen LogP contribution >= 0.6 is 0 Å². The van der Waals surface area contributed by atoms with E-state index in [2.05, 4.69) is 39.6 Å². The second-order valence-electron chi connectivity index (χ2n) is 5.20. The van der Waals surface area contributed by atoms with E-state index >= 15 is 0 Å². The first-order valence-electron chi connectivity index (χ1n) is 7.11. The minimum atomic E-state index is 0.714. The lowest BCUT2D eigenvalue weighted by Gasteiger charge is -2.25. The molecular weight excluding hydrogens is 248 g/mol. The topological polar surface area (TPSA) is 54.2 Å². The average Bonchev–Trinajstić information content (AvgIpc) is 2.70. The molecule has 2 aromatic rings. The van der Waals surface area contributed by atoms with E-state index < -0.39 is 0 Å². The SMILES string of the molecule is NNc1cc(CN2CCCCc3ccccc32)ccn1. The number of benzene rings is 1. The quantitative estimate of drug-likeness (QED) is 0.664. The predicted octanol–water partition coefficient (Wildman–Crippen LogP) is 2.71. The van der Waals surface area contributed by atoms with Gasteiger partial charge in [0.25, 0.3) is 0 Å². The molecule has 3 N–H and O–H groups in total. The molecule has 1 aliphatic rings. The number of fused-ring (bicyclic) bond motifs is 1. The van der Waals surface area contributed by atoms with Crippen LogP contribution in [0.4, 0.5) is 11.5 Å². The van der Waals surface area contributed by atoms with Gasteiger partial charge in [-0.3, -0.25) is 0 Å². The van der Waals surface area contributed by atoms with Crippen LogP contribution < -0.4 is 16.2 Å². The van der Waals surface area contributed by atoms with Crippen LogP contribution in [0.2, 0.25) is 0 Å². The third-order valence-corrected chi connectivity index (χ3v) is 3.80. The number of nitrogens with zero attached hydrogens (tertiary/aromatic N) is 2. The third-order valence-electron chi connectivity index (χ3n) is 3.80. The Labute approximate surface area is 119 Å². The first kappa shape index (κ1) is 12.9. The highest BCUT2D eigenvalue weighted by atomic mass is 15.2. The number of para-hydroxylation sites is 1. The van der Waals surface area contributed by atoms with Gasteiger partial charge in [0.1, 0.15) is 5.82 Å². The van der Waals surface area contributed by atoms with Crippen molar-refractivity contribution in [3.8, 4) is 0 Å². The van der Waals surface area contributed by atoms with Gasteiger partial charge in [0.2, 0.25) is 0 Å². The zero-order valence-corrected chi connectivity index (χ0v) is 11.5. The van der Waals surface area contributed by atoms with Crippen molar-refractivity contribution in [2.75, 3.05) is 16.9 Å². The van der Waals surface area contributed by atoms with Crippen LogP contribution in [0.15, 0.2) is 42.6 Å². The van der Waals surface area contributed by atoms with Crippen molar-refractivity contribution in [1.82, 2.24) is 4.98 Å². The fraction of sp³-hybridized carbons (Fsp3) is 0.312. The second-order valence-corrected chi connectivity index (χ2v) is 5.20. The number of hydrogen-bond acceptors (Lipinski definition) is 4. The molecule has 0 aliphatic carbocycles. The number of hydrazine groups is 1. The standard InChI is InChI=1S/C16H20N4/c17-19-16-11-13(8-9-18-16)12-20-10-4-3-6-14-5-1-2-7-15(14)20/h1-2,5,7-9,11H,3-4,6,10,12,17H2,(H,18,19). The predicted molar refractivity (Wildman–Crippen MR) is 82.5 cm³/mol. The molecule has 2 heterocycles. The Morgan fingerprint density at radius 1 is 1.20 bits per heavy atom. The average molecular weight is 268 g/mol. The summed E-state index contributed by atoms with van der Waals surface area (Å²) in [7, 11) is 0. The Hall–Kier alpha value is -2.07. The molecule has 0 radical (unpaired) electrons. The van der Waals surface area contributed by atoms with E-state index in [1.54, 1.807) is 6.20 Å². The summed E-state index contributed by atoms with van der Waals surface area (Å²) < 4.78 is 0. The van der Waals surface area contributed by atoms with Gasteiger partial charge in [-0.2, -0.15) is 0 Å². The molecule has 0 spiro atoms. The highest BCUT2D eigenvalue weighted by Gasteiger charge is 2.15. The first-order chi connectivity index (χ1) is 9.86. The van der Waals surface area contributed by atoms with Gasteiger partial charge >= 0.3 is 0 Å². The zero-order chi connectivity index (χ0) is 13.8. The highest BCUT2D eigenvalue weighted by Crippen LogP contribution is 2.27. The van der Waals surface area contributed by atoms with Crippen molar-refractivity contribution in [2.24, 2.45) is 5.84 Å². The Bertz CT molecular complexity index is 582. The Kier molecular flexibility index (Phi) is 3.83. The van der Waals surface area contributed by atoms with Crippen molar-refractivity contribution in [2.45, 2.75) is 25.8 Å². The summed E-state index contributed by atoms with van der Waals surface area (Å²) in [6.45, 7) is 2.00. The summed E-state index contributed by atoms with van der Waals surface area (Å²) in [5.74, 6) is 6.14. The summed E-state index contributed by atoms with van der Waals surface area (Å²) >= 11 is 0. The molecule has 0 amide bonds. The third kappa shape index (κ3) is 2.75. The maximum atomic E-state index is 5.43.